The van der Waals surface area contributed by atoms with Gasteiger partial charge in [-0.1, -0.05) is 32.9 Å². The number of ketones is 1. The fourth-order valence-corrected chi connectivity index (χ4v) is 8.57. The van der Waals surface area contributed by atoms with Gasteiger partial charge in [0.15, 0.2) is 0 Å². The molecule has 8 atom stereocenters. The van der Waals surface area contributed by atoms with Gasteiger partial charge in [-0.25, -0.2) is 4.79 Å². The summed E-state index contributed by atoms with van der Waals surface area (Å²) in [6.45, 7) is 12.1. The smallest absolute Gasteiger partial charge is 0.414 e. The molecule has 4 fully saturated rings. The molecule has 2 amide bonds. The molecule has 36 heavy (non-hydrogen) atoms. The molecule has 4 rings (SSSR count). The molecule has 1 heterocycles. The highest BCUT2D eigenvalue weighted by Gasteiger charge is 2.68. The van der Waals surface area contributed by atoms with Gasteiger partial charge in [-0.05, 0) is 76.8 Å². The maximum Gasteiger partial charge on any atom is 0.414 e. The second-order valence-corrected chi connectivity index (χ2v) is 12.4. The molecule has 1 aliphatic heterocycles. The number of rotatable bonds is 4. The number of allylic oxidation sites excluding steroid dienone is 2. The first-order chi connectivity index (χ1) is 17.0. The topological polar surface area (TPSA) is 93.7 Å². The van der Waals surface area contributed by atoms with Gasteiger partial charge >= 0.3 is 6.09 Å². The SMILES string of the molecule is CC=C[C@]1(C)C[C@@H](OC(=O)NC(=O)C2CCNCC2)[C@]2(C)C(C)CCC3(CC[C@@H](OC)C32)[C@@H](C)C1=O. The molecule has 0 aromatic rings. The fourth-order valence-electron chi connectivity index (χ4n) is 8.57. The third-order valence-corrected chi connectivity index (χ3v) is 10.8. The predicted octanol–water partition coefficient (Wildman–Crippen LogP) is 4.65. The summed E-state index contributed by atoms with van der Waals surface area (Å²) in [4.78, 5) is 40.2. The van der Waals surface area contributed by atoms with Gasteiger partial charge in [0.1, 0.15) is 11.9 Å². The lowest BCUT2D eigenvalue weighted by molar-refractivity contribution is -0.189. The van der Waals surface area contributed by atoms with Gasteiger partial charge in [-0.3, -0.25) is 14.9 Å². The van der Waals surface area contributed by atoms with Crippen molar-refractivity contribution in [3.8, 4) is 0 Å². The molecule has 0 spiro atoms. The number of methoxy groups -OCH3 is 1. The number of Topliss-reactive ketones (excluding diaryl/α,β-unsaturated/α-hetero) is 1. The third-order valence-electron chi connectivity index (χ3n) is 10.8. The van der Waals surface area contributed by atoms with Crippen LogP contribution in [0.3, 0.4) is 0 Å². The van der Waals surface area contributed by atoms with Gasteiger partial charge < -0.3 is 14.8 Å². The Morgan fingerprint density at radius 1 is 1.08 bits per heavy atom. The van der Waals surface area contributed by atoms with E-state index in [0.717, 1.165) is 38.8 Å². The van der Waals surface area contributed by atoms with Gasteiger partial charge in [0.25, 0.3) is 0 Å². The number of nitrogens with one attached hydrogen (secondary N) is 2. The number of piperidine rings is 1. The molecule has 0 aromatic carbocycles. The summed E-state index contributed by atoms with van der Waals surface area (Å²) in [5, 5.41) is 5.79. The average Bonchev–Trinajstić information content (AvgIpc) is 3.26. The van der Waals surface area contributed by atoms with Crippen LogP contribution in [0, 0.1) is 39.9 Å². The van der Waals surface area contributed by atoms with Crippen molar-refractivity contribution in [1.29, 1.82) is 0 Å². The Labute approximate surface area is 216 Å². The van der Waals surface area contributed by atoms with Gasteiger partial charge in [0.2, 0.25) is 5.91 Å². The molecule has 3 unspecified atom stereocenters. The van der Waals surface area contributed by atoms with E-state index >= 15 is 0 Å². The zero-order valence-corrected chi connectivity index (χ0v) is 23.0. The first-order valence-electron chi connectivity index (χ1n) is 14.0. The van der Waals surface area contributed by atoms with E-state index in [4.69, 9.17) is 9.47 Å². The number of hydrogen-bond acceptors (Lipinski definition) is 6. The largest absolute Gasteiger partial charge is 0.445 e. The summed E-state index contributed by atoms with van der Waals surface area (Å²) in [6.07, 6.45) is 8.39. The summed E-state index contributed by atoms with van der Waals surface area (Å²) >= 11 is 0. The monoisotopic (exact) mass is 502 g/mol. The lowest BCUT2D eigenvalue weighted by Gasteiger charge is -2.61. The number of carbonyl (C=O) groups excluding carboxylic acids is 3. The number of alkyl carbamates (subject to hydrolysis) is 1. The third kappa shape index (κ3) is 4.34. The van der Waals surface area contributed by atoms with E-state index in [-0.39, 0.29) is 52.3 Å². The van der Waals surface area contributed by atoms with Crippen LogP contribution < -0.4 is 10.6 Å². The molecule has 7 nitrogen and oxygen atoms in total. The summed E-state index contributed by atoms with van der Waals surface area (Å²) in [5.41, 5.74) is -1.31. The van der Waals surface area contributed by atoms with E-state index in [1.807, 2.05) is 26.0 Å². The summed E-state index contributed by atoms with van der Waals surface area (Å²) < 4.78 is 12.3. The second-order valence-electron chi connectivity index (χ2n) is 12.4. The minimum atomic E-state index is -0.750. The van der Waals surface area contributed by atoms with Crippen molar-refractivity contribution in [1.82, 2.24) is 10.6 Å². The molecule has 3 saturated carbocycles. The van der Waals surface area contributed by atoms with Gasteiger partial charge in [0, 0.05) is 42.1 Å². The fraction of sp³-hybridized carbons (Fsp3) is 0.828. The van der Waals surface area contributed by atoms with Gasteiger partial charge in [-0.15, -0.1) is 0 Å². The van der Waals surface area contributed by atoms with E-state index < -0.39 is 17.6 Å². The number of carbonyl (C=O) groups is 3. The van der Waals surface area contributed by atoms with Crippen molar-refractivity contribution in [3.05, 3.63) is 12.2 Å². The lowest BCUT2D eigenvalue weighted by Crippen LogP contribution is -2.63. The van der Waals surface area contributed by atoms with Crippen LogP contribution in [0.25, 0.3) is 0 Å². The Morgan fingerprint density at radius 2 is 1.75 bits per heavy atom. The molecule has 0 radical (unpaired) electrons. The molecule has 2 N–H and O–H groups in total. The van der Waals surface area contributed by atoms with Crippen LogP contribution in [0.5, 0.6) is 0 Å². The normalized spacial score (nSPS) is 43.5. The highest BCUT2D eigenvalue weighted by atomic mass is 16.6. The molecule has 0 aromatic heterocycles. The van der Waals surface area contributed by atoms with Crippen LogP contribution in [0.2, 0.25) is 0 Å². The van der Waals surface area contributed by atoms with Crippen molar-refractivity contribution in [2.24, 2.45) is 39.9 Å². The number of hydrogen-bond donors (Lipinski definition) is 2. The highest BCUT2D eigenvalue weighted by Crippen LogP contribution is 2.68. The zero-order valence-electron chi connectivity index (χ0n) is 23.0. The van der Waals surface area contributed by atoms with Crippen LogP contribution in [-0.4, -0.2) is 50.2 Å². The molecule has 202 valence electrons. The van der Waals surface area contributed by atoms with Crippen LogP contribution >= 0.6 is 0 Å². The number of ether oxygens (including phenoxy) is 2. The van der Waals surface area contributed by atoms with Crippen molar-refractivity contribution in [2.75, 3.05) is 20.2 Å². The summed E-state index contributed by atoms with van der Waals surface area (Å²) in [6, 6.07) is 0. The standard InChI is InChI=1S/C29H46N2O5/c1-7-12-27(4)17-22(36-26(34)31-25(33)20-10-15-30-16-11-20)28(5)18(2)8-13-29(19(3)24(27)32)14-9-21(35-6)23(28)29/h7,12,18-23,30H,8-11,13-17H2,1-6H3,(H,31,33,34)/t18?,19-,21+,22+,23?,27+,28-,29?/m0/s1. The van der Waals surface area contributed by atoms with E-state index in [1.54, 1.807) is 7.11 Å². The molecule has 1 saturated heterocycles. The Morgan fingerprint density at radius 3 is 2.39 bits per heavy atom. The summed E-state index contributed by atoms with van der Waals surface area (Å²) in [7, 11) is 1.77. The Kier molecular flexibility index (Phi) is 7.74. The predicted molar refractivity (Wildman–Crippen MR) is 138 cm³/mol. The molecule has 7 heteroatoms. The average molecular weight is 503 g/mol. The molecule has 2 bridgehead atoms. The number of imide groups is 1. The first kappa shape index (κ1) is 27.3. The van der Waals surface area contributed by atoms with Crippen LogP contribution in [0.4, 0.5) is 4.79 Å². The van der Waals surface area contributed by atoms with E-state index in [1.165, 1.54) is 0 Å². The molecule has 4 aliphatic rings. The van der Waals surface area contributed by atoms with E-state index in [9.17, 15) is 14.4 Å². The van der Waals surface area contributed by atoms with Crippen molar-refractivity contribution < 1.29 is 23.9 Å². The van der Waals surface area contributed by atoms with E-state index in [0.29, 0.717) is 19.3 Å². The quantitative estimate of drug-likeness (QED) is 0.544. The molecule has 3 aliphatic carbocycles. The van der Waals surface area contributed by atoms with Gasteiger partial charge in [0.05, 0.1) is 6.10 Å². The number of amides is 2. The minimum absolute atomic E-state index is 0.0182. The van der Waals surface area contributed by atoms with Crippen molar-refractivity contribution in [3.63, 3.8) is 0 Å². The molecular formula is C29H46N2O5. The van der Waals surface area contributed by atoms with Crippen LogP contribution in [-0.2, 0) is 19.1 Å². The maximum atomic E-state index is 14.1. The minimum Gasteiger partial charge on any atom is -0.445 e. The summed E-state index contributed by atoms with van der Waals surface area (Å²) in [5.74, 6) is 0.0486. The van der Waals surface area contributed by atoms with Gasteiger partial charge in [-0.2, -0.15) is 0 Å². The van der Waals surface area contributed by atoms with Crippen molar-refractivity contribution >= 4 is 17.8 Å². The second kappa shape index (κ2) is 10.2. The van der Waals surface area contributed by atoms with Crippen LogP contribution in [0.15, 0.2) is 12.2 Å². The maximum absolute atomic E-state index is 14.1. The highest BCUT2D eigenvalue weighted by molar-refractivity contribution is 5.93. The van der Waals surface area contributed by atoms with Crippen LogP contribution in [0.1, 0.15) is 79.6 Å². The Balaban J connectivity index is 1.72. The van der Waals surface area contributed by atoms with E-state index in [2.05, 4.69) is 31.4 Å². The lowest BCUT2D eigenvalue weighted by atomic mass is 9.44. The molecular weight excluding hydrogens is 456 g/mol. The Bertz CT molecular complexity index is 898. The van der Waals surface area contributed by atoms with Crippen molar-refractivity contribution in [2.45, 2.75) is 91.8 Å². The first-order valence-corrected chi connectivity index (χ1v) is 14.0. The zero-order chi connectivity index (χ0) is 26.3. The Hall–Kier alpha value is -1.73.